The lowest BCUT2D eigenvalue weighted by molar-refractivity contribution is -0.0634. The third-order valence-corrected chi connectivity index (χ3v) is 10.3. The van der Waals surface area contributed by atoms with Crippen LogP contribution in [0.25, 0.3) is 11.2 Å². The van der Waals surface area contributed by atoms with E-state index in [0.717, 1.165) is 15.5 Å². The number of aromatic amines is 1. The summed E-state index contributed by atoms with van der Waals surface area (Å²) in [5.41, 5.74) is 5.36. The molecule has 0 amide bonds. The molecule has 8 atom stereocenters. The Balaban J connectivity index is 1.19. The summed E-state index contributed by atoms with van der Waals surface area (Å²) in [4.78, 5) is 39.6. The molecule has 6 N–H and O–H groups in total. The molecule has 6 rings (SSSR count). The van der Waals surface area contributed by atoms with E-state index in [9.17, 15) is 24.4 Å². The Morgan fingerprint density at radius 3 is 2.80 bits per heavy atom. The van der Waals surface area contributed by atoms with E-state index >= 15 is 0 Å². The van der Waals surface area contributed by atoms with E-state index in [1.54, 1.807) is 4.57 Å². The van der Waals surface area contributed by atoms with Crippen LogP contribution in [0, 0.1) is 0 Å². The summed E-state index contributed by atoms with van der Waals surface area (Å²) in [6.45, 7) is -0.664. The number of methoxy groups -OCH3 is 1. The molecule has 0 aromatic carbocycles. The number of nitrogens with one attached hydrogen (secondary N) is 2. The number of ether oxygens (including phenoxy) is 3. The number of nitrogen functional groups attached to an aromatic ring is 1. The zero-order chi connectivity index (χ0) is 32.4. The number of nitrogens with two attached hydrogens (primary N) is 1. The smallest absolute Gasteiger partial charge is 0.394 e. The number of hydrogen-bond acceptors (Lipinski definition) is 15. The number of rotatable bonds is 13. The van der Waals surface area contributed by atoms with Crippen molar-refractivity contribution in [1.82, 2.24) is 34.2 Å². The Hall–Kier alpha value is -3.36. The van der Waals surface area contributed by atoms with Crippen LogP contribution < -0.4 is 22.1 Å². The van der Waals surface area contributed by atoms with Crippen molar-refractivity contribution in [2.45, 2.75) is 55.8 Å². The molecule has 0 saturated carbocycles. The summed E-state index contributed by atoms with van der Waals surface area (Å²) >= 11 is 1.54. The van der Waals surface area contributed by atoms with Crippen LogP contribution >= 0.6 is 19.1 Å². The molecule has 20 heteroatoms. The van der Waals surface area contributed by atoms with Gasteiger partial charge in [-0.2, -0.15) is 0 Å². The van der Waals surface area contributed by atoms with E-state index in [4.69, 9.17) is 29.0 Å². The third kappa shape index (κ3) is 6.70. The van der Waals surface area contributed by atoms with Gasteiger partial charge in [0.1, 0.15) is 48.6 Å². The molecule has 2 aliphatic heterocycles. The highest BCUT2D eigenvalue weighted by molar-refractivity contribution is 7.51. The predicted octanol–water partition coefficient (Wildman–Crippen LogP) is -0.0845. The number of aromatic nitrogens is 6. The fraction of sp³-hybridized carbons (Fsp3) is 0.500. The van der Waals surface area contributed by atoms with Gasteiger partial charge in [0.15, 0.2) is 17.7 Å². The van der Waals surface area contributed by atoms with Gasteiger partial charge in [-0.05, 0) is 17.9 Å². The molecule has 2 aliphatic rings. The minimum Gasteiger partial charge on any atom is -0.394 e. The Labute approximate surface area is 264 Å². The van der Waals surface area contributed by atoms with Gasteiger partial charge in [-0.3, -0.25) is 28.0 Å². The third-order valence-electron chi connectivity index (χ3n) is 7.71. The maximum atomic E-state index is 14.3. The Kier molecular flexibility index (Phi) is 9.76. The van der Waals surface area contributed by atoms with Crippen LogP contribution in [0.2, 0.25) is 0 Å². The number of imidazole rings is 1. The van der Waals surface area contributed by atoms with Gasteiger partial charge in [-0.25, -0.2) is 29.4 Å². The van der Waals surface area contributed by atoms with Crippen LogP contribution in [0.1, 0.15) is 23.8 Å². The zero-order valence-electron chi connectivity index (χ0n) is 24.4. The summed E-state index contributed by atoms with van der Waals surface area (Å²) < 4.78 is 46.2. The van der Waals surface area contributed by atoms with E-state index < -0.39 is 75.2 Å². The molecule has 4 aromatic rings. The number of thiophene rings is 1. The first-order chi connectivity index (χ1) is 22.2. The normalized spacial score (nSPS) is 27.8. The van der Waals surface area contributed by atoms with E-state index in [-0.39, 0.29) is 18.8 Å². The average Bonchev–Trinajstić information content (AvgIpc) is 3.83. The number of hydrogen-bond donors (Lipinski definition) is 5. The lowest BCUT2D eigenvalue weighted by Crippen LogP contribution is -2.39. The first kappa shape index (κ1) is 32.6. The van der Waals surface area contributed by atoms with Gasteiger partial charge in [0.2, 0.25) is 0 Å². The van der Waals surface area contributed by atoms with Crippen molar-refractivity contribution in [3.8, 4) is 0 Å². The summed E-state index contributed by atoms with van der Waals surface area (Å²) in [5, 5.41) is 25.9. The van der Waals surface area contributed by atoms with Crippen molar-refractivity contribution in [3.63, 3.8) is 0 Å². The van der Waals surface area contributed by atoms with E-state index in [2.05, 4.69) is 25.0 Å². The topological polar surface area (TPSA) is 240 Å². The second-order valence-electron chi connectivity index (χ2n) is 10.6. The minimum atomic E-state index is -4.17. The summed E-state index contributed by atoms with van der Waals surface area (Å²) in [6, 6.07) is 4.98. The summed E-state index contributed by atoms with van der Waals surface area (Å²) in [5.74, 6) is 0.195. The van der Waals surface area contributed by atoms with Crippen LogP contribution in [0.15, 0.2) is 52.0 Å². The number of aliphatic hydroxyl groups is 2. The summed E-state index contributed by atoms with van der Waals surface area (Å²) in [6.07, 6.45) is -2.35. The molecule has 2 fully saturated rings. The van der Waals surface area contributed by atoms with Crippen molar-refractivity contribution >= 4 is 36.1 Å². The predicted molar refractivity (Wildman–Crippen MR) is 162 cm³/mol. The molecule has 0 radical (unpaired) electrons. The van der Waals surface area contributed by atoms with Gasteiger partial charge >= 0.3 is 13.4 Å². The molecule has 0 bridgehead atoms. The van der Waals surface area contributed by atoms with Gasteiger partial charge in [0, 0.05) is 37.2 Å². The van der Waals surface area contributed by atoms with Crippen LogP contribution in [-0.2, 0) is 34.2 Å². The molecule has 46 heavy (non-hydrogen) atoms. The molecule has 4 aromatic heterocycles. The molecule has 1 unspecified atom stereocenters. The zero-order valence-corrected chi connectivity index (χ0v) is 26.2. The molecule has 18 nitrogen and oxygen atoms in total. The highest BCUT2D eigenvalue weighted by Crippen LogP contribution is 2.49. The first-order valence-electron chi connectivity index (χ1n) is 14.3. The highest BCUT2D eigenvalue weighted by Gasteiger charge is 2.47. The number of nitrogens with zero attached hydrogens (tertiary/aromatic N) is 5. The first-order valence-corrected chi connectivity index (χ1v) is 16.7. The van der Waals surface area contributed by atoms with Crippen molar-refractivity contribution in [1.29, 1.82) is 0 Å². The molecule has 6 heterocycles. The van der Waals surface area contributed by atoms with E-state index in [0.29, 0.717) is 17.6 Å². The lowest BCUT2D eigenvalue weighted by atomic mass is 10.1. The summed E-state index contributed by atoms with van der Waals surface area (Å²) in [7, 11) is -2.83. The number of anilines is 1. The number of H-pyrrole nitrogens is 1. The van der Waals surface area contributed by atoms with Crippen molar-refractivity contribution in [2.24, 2.45) is 0 Å². The standard InChI is InChI=1S/C26H33N8O10PS/c1-40-22-21(37)17(43-25(22)33-7-5-18(36)32-26(33)38)11-41-45(39,31-6-4-14-3-2-8-46-14)44-15-9-19(42-16(15)10-35)34-13-30-20-23(27)28-12-29-24(20)34/h2-3,5,7-8,12-13,15-17,19,21-22,25,35,37H,4,6,9-11H2,1H3,(H,31,39)(H2,27,28,29)(H,32,36,38)/t15-,16+,17+,19+,21+,22+,25+,45?/m0/s1. The largest absolute Gasteiger partial charge is 0.405 e. The fourth-order valence-electron chi connectivity index (χ4n) is 5.42. The molecule has 248 valence electrons. The molecule has 2 saturated heterocycles. The minimum absolute atomic E-state index is 0.145. The number of aliphatic hydroxyl groups excluding tert-OH is 2. The highest BCUT2D eigenvalue weighted by atomic mass is 32.1. The van der Waals surface area contributed by atoms with Crippen molar-refractivity contribution in [3.05, 3.63) is 68.1 Å². The molecule has 0 aliphatic carbocycles. The van der Waals surface area contributed by atoms with Crippen molar-refractivity contribution in [2.75, 3.05) is 32.6 Å². The van der Waals surface area contributed by atoms with Crippen molar-refractivity contribution < 1.29 is 38.0 Å². The van der Waals surface area contributed by atoms with Gasteiger partial charge in [-0.15, -0.1) is 11.3 Å². The van der Waals surface area contributed by atoms with Gasteiger partial charge in [-0.1, -0.05) is 6.07 Å². The Bertz CT molecular complexity index is 1800. The number of fused-ring (bicyclic) bond motifs is 1. The Morgan fingerprint density at radius 2 is 2.07 bits per heavy atom. The second-order valence-corrected chi connectivity index (χ2v) is 13.4. The monoisotopic (exact) mass is 680 g/mol. The fourth-order valence-corrected chi connectivity index (χ4v) is 7.67. The molecular weight excluding hydrogens is 647 g/mol. The van der Waals surface area contributed by atoms with Crippen LogP contribution in [-0.4, -0.2) is 96.7 Å². The maximum absolute atomic E-state index is 14.3. The molecular formula is C26H33N8O10PS. The van der Waals surface area contributed by atoms with Gasteiger partial charge in [0.05, 0.1) is 19.5 Å². The Morgan fingerprint density at radius 1 is 1.22 bits per heavy atom. The lowest BCUT2D eigenvalue weighted by Gasteiger charge is -2.26. The van der Waals surface area contributed by atoms with E-state index in [1.165, 1.54) is 37.3 Å². The second kappa shape index (κ2) is 13.8. The molecule has 0 spiro atoms. The quantitative estimate of drug-likeness (QED) is 0.116. The van der Waals surface area contributed by atoms with Gasteiger partial charge < -0.3 is 30.2 Å². The van der Waals surface area contributed by atoms with Gasteiger partial charge in [0.25, 0.3) is 5.56 Å². The average molecular weight is 681 g/mol. The van der Waals surface area contributed by atoms with E-state index in [1.807, 2.05) is 17.5 Å². The van der Waals surface area contributed by atoms with Crippen LogP contribution in [0.4, 0.5) is 5.82 Å². The SMILES string of the molecule is CO[C@@H]1[C@H](O)[C@@H](COP(=O)(NCCc2cccs2)O[C@H]2C[C@H](n3cnc4c(N)ncnc43)O[C@@H]2CO)O[C@H]1n1ccc(=O)[nH]c1=O. The van der Waals surface area contributed by atoms with Crippen LogP contribution in [0.5, 0.6) is 0 Å². The maximum Gasteiger partial charge on any atom is 0.405 e. The van der Waals surface area contributed by atoms with Crippen LogP contribution in [0.3, 0.4) is 0 Å².